The number of pyridine rings is 1. The molecule has 1 amide bonds. The summed E-state index contributed by atoms with van der Waals surface area (Å²) in [6, 6.07) is 9.80. The zero-order valence-electron chi connectivity index (χ0n) is 11.7. The molecule has 0 aliphatic heterocycles. The van der Waals surface area contributed by atoms with Gasteiger partial charge in [0, 0.05) is 17.4 Å². The number of amides is 1. The number of aromatic nitrogens is 1. The highest BCUT2D eigenvalue weighted by Gasteiger charge is 2.08. The monoisotopic (exact) mass is 306 g/mol. The van der Waals surface area contributed by atoms with E-state index >= 15 is 0 Å². The Morgan fingerprint density at radius 2 is 2.10 bits per heavy atom. The van der Waals surface area contributed by atoms with Crippen molar-refractivity contribution < 1.29 is 9.53 Å². The molecule has 2 aromatic rings. The molecule has 0 saturated carbocycles. The second kappa shape index (κ2) is 6.45. The van der Waals surface area contributed by atoms with Crippen LogP contribution in [0.15, 0.2) is 41.2 Å². The van der Waals surface area contributed by atoms with Crippen LogP contribution in [-0.2, 0) is 11.3 Å². The molecule has 1 heterocycles. The Balaban J connectivity index is 2.12. The van der Waals surface area contributed by atoms with E-state index in [9.17, 15) is 9.59 Å². The average molecular weight is 307 g/mol. The number of carbonyl (C=O) groups is 1. The standard InChI is InChI=1S/C15H15ClN2O3/c1-10-4-3-5-15(20)18(10)9-14(19)17-11-6-7-13(21-2)12(16)8-11/h3-8H,9H2,1-2H3,(H,17,19). The summed E-state index contributed by atoms with van der Waals surface area (Å²) in [5.74, 6) is 0.234. The van der Waals surface area contributed by atoms with Crippen molar-refractivity contribution in [3.05, 3.63) is 57.5 Å². The molecule has 110 valence electrons. The van der Waals surface area contributed by atoms with Gasteiger partial charge in [-0.3, -0.25) is 9.59 Å². The van der Waals surface area contributed by atoms with E-state index < -0.39 is 0 Å². The van der Waals surface area contributed by atoms with Gasteiger partial charge in [-0.05, 0) is 31.2 Å². The van der Waals surface area contributed by atoms with Crippen LogP contribution in [-0.4, -0.2) is 17.6 Å². The molecule has 1 aromatic heterocycles. The summed E-state index contributed by atoms with van der Waals surface area (Å²) in [5.41, 5.74) is 1.07. The normalized spacial score (nSPS) is 10.2. The third-order valence-corrected chi connectivity index (χ3v) is 3.30. The van der Waals surface area contributed by atoms with Crippen LogP contribution in [0.5, 0.6) is 5.75 Å². The van der Waals surface area contributed by atoms with Crippen LogP contribution in [0.4, 0.5) is 5.69 Å². The SMILES string of the molecule is COc1ccc(NC(=O)Cn2c(C)cccc2=O)cc1Cl. The number of methoxy groups -OCH3 is 1. The molecule has 0 saturated heterocycles. The lowest BCUT2D eigenvalue weighted by Gasteiger charge is -2.11. The van der Waals surface area contributed by atoms with Gasteiger partial charge in [-0.15, -0.1) is 0 Å². The van der Waals surface area contributed by atoms with E-state index in [0.29, 0.717) is 16.5 Å². The number of halogens is 1. The molecule has 0 bridgehead atoms. The topological polar surface area (TPSA) is 60.3 Å². The molecular formula is C15H15ClN2O3. The predicted octanol–water partition coefficient (Wildman–Crippen LogP) is 2.46. The maximum Gasteiger partial charge on any atom is 0.251 e. The minimum absolute atomic E-state index is 0.0465. The third kappa shape index (κ3) is 3.64. The Morgan fingerprint density at radius 1 is 1.33 bits per heavy atom. The molecule has 0 atom stereocenters. The lowest BCUT2D eigenvalue weighted by Crippen LogP contribution is -2.28. The highest BCUT2D eigenvalue weighted by Crippen LogP contribution is 2.27. The van der Waals surface area contributed by atoms with E-state index in [2.05, 4.69) is 5.32 Å². The number of benzene rings is 1. The Labute approximate surface area is 127 Å². The van der Waals surface area contributed by atoms with Gasteiger partial charge >= 0.3 is 0 Å². The number of nitrogens with zero attached hydrogens (tertiary/aromatic N) is 1. The Kier molecular flexibility index (Phi) is 4.65. The Bertz CT molecular complexity index is 725. The first kappa shape index (κ1) is 15.1. The summed E-state index contributed by atoms with van der Waals surface area (Å²) < 4.78 is 6.45. The smallest absolute Gasteiger partial charge is 0.251 e. The van der Waals surface area contributed by atoms with Crippen LogP contribution in [0.2, 0.25) is 5.02 Å². The number of hydrogen-bond acceptors (Lipinski definition) is 3. The second-order valence-corrected chi connectivity index (χ2v) is 4.90. The summed E-state index contributed by atoms with van der Waals surface area (Å²) >= 11 is 5.99. The molecule has 6 heteroatoms. The molecule has 5 nitrogen and oxygen atoms in total. The van der Waals surface area contributed by atoms with Gasteiger partial charge in [-0.25, -0.2) is 0 Å². The Morgan fingerprint density at radius 3 is 2.71 bits per heavy atom. The average Bonchev–Trinajstić information content (AvgIpc) is 2.43. The molecule has 21 heavy (non-hydrogen) atoms. The van der Waals surface area contributed by atoms with Crippen molar-refractivity contribution in [1.82, 2.24) is 4.57 Å². The van der Waals surface area contributed by atoms with Crippen molar-refractivity contribution in [2.75, 3.05) is 12.4 Å². The van der Waals surface area contributed by atoms with Crippen molar-refractivity contribution in [1.29, 1.82) is 0 Å². The lowest BCUT2D eigenvalue weighted by molar-refractivity contribution is -0.116. The van der Waals surface area contributed by atoms with Crippen molar-refractivity contribution in [3.8, 4) is 5.75 Å². The second-order valence-electron chi connectivity index (χ2n) is 4.49. The summed E-state index contributed by atoms with van der Waals surface area (Å²) in [7, 11) is 1.52. The van der Waals surface area contributed by atoms with Crippen molar-refractivity contribution in [2.45, 2.75) is 13.5 Å². The maximum absolute atomic E-state index is 12.0. The number of anilines is 1. The van der Waals surface area contributed by atoms with E-state index in [0.717, 1.165) is 5.69 Å². The van der Waals surface area contributed by atoms with Crippen LogP contribution in [0.1, 0.15) is 5.69 Å². The quantitative estimate of drug-likeness (QED) is 0.944. The highest BCUT2D eigenvalue weighted by molar-refractivity contribution is 6.32. The first-order valence-corrected chi connectivity index (χ1v) is 6.69. The number of rotatable bonds is 4. The summed E-state index contributed by atoms with van der Waals surface area (Å²) in [4.78, 5) is 23.7. The fourth-order valence-corrected chi connectivity index (χ4v) is 2.17. The van der Waals surface area contributed by atoms with Crippen LogP contribution < -0.4 is 15.6 Å². The van der Waals surface area contributed by atoms with Gasteiger partial charge in [0.05, 0.1) is 12.1 Å². The van der Waals surface area contributed by atoms with Gasteiger partial charge in [-0.1, -0.05) is 17.7 Å². The van der Waals surface area contributed by atoms with Crippen LogP contribution in [0.3, 0.4) is 0 Å². The van der Waals surface area contributed by atoms with E-state index in [4.69, 9.17) is 16.3 Å². The number of ether oxygens (including phenoxy) is 1. The predicted molar refractivity (Wildman–Crippen MR) is 82.1 cm³/mol. The molecule has 1 aromatic carbocycles. The van der Waals surface area contributed by atoms with Crippen LogP contribution in [0.25, 0.3) is 0 Å². The summed E-state index contributed by atoms with van der Waals surface area (Å²) in [6.07, 6.45) is 0. The van der Waals surface area contributed by atoms with E-state index in [1.807, 2.05) is 0 Å². The number of hydrogen-bond donors (Lipinski definition) is 1. The van der Waals surface area contributed by atoms with E-state index in [-0.39, 0.29) is 18.0 Å². The fourth-order valence-electron chi connectivity index (χ4n) is 1.91. The minimum atomic E-state index is -0.298. The molecule has 1 N–H and O–H groups in total. The molecular weight excluding hydrogens is 292 g/mol. The van der Waals surface area contributed by atoms with Gasteiger partial charge in [-0.2, -0.15) is 0 Å². The van der Waals surface area contributed by atoms with Gasteiger partial charge in [0.2, 0.25) is 5.91 Å². The molecule has 2 rings (SSSR count). The molecule has 0 aliphatic carbocycles. The summed E-state index contributed by atoms with van der Waals surface area (Å²) in [6.45, 7) is 1.73. The molecule has 0 aliphatic rings. The molecule has 0 unspecified atom stereocenters. The first-order valence-electron chi connectivity index (χ1n) is 6.31. The lowest BCUT2D eigenvalue weighted by atomic mass is 10.3. The van der Waals surface area contributed by atoms with E-state index in [1.165, 1.54) is 17.7 Å². The number of carbonyl (C=O) groups excluding carboxylic acids is 1. The fraction of sp³-hybridized carbons (Fsp3) is 0.200. The first-order chi connectivity index (χ1) is 10.0. The van der Waals surface area contributed by atoms with Gasteiger partial charge in [0.15, 0.2) is 0 Å². The number of nitrogens with one attached hydrogen (secondary N) is 1. The van der Waals surface area contributed by atoms with Gasteiger partial charge in [0.1, 0.15) is 12.3 Å². The van der Waals surface area contributed by atoms with Crippen molar-refractivity contribution in [3.63, 3.8) is 0 Å². The molecule has 0 radical (unpaired) electrons. The minimum Gasteiger partial charge on any atom is -0.495 e. The molecule has 0 spiro atoms. The number of aryl methyl sites for hydroxylation is 1. The van der Waals surface area contributed by atoms with Gasteiger partial charge < -0.3 is 14.6 Å². The largest absolute Gasteiger partial charge is 0.495 e. The highest BCUT2D eigenvalue weighted by atomic mass is 35.5. The molecule has 0 fully saturated rings. The maximum atomic E-state index is 12.0. The van der Waals surface area contributed by atoms with Gasteiger partial charge in [0.25, 0.3) is 5.56 Å². The van der Waals surface area contributed by atoms with Crippen LogP contribution in [0, 0.1) is 6.92 Å². The zero-order chi connectivity index (χ0) is 15.4. The van der Waals surface area contributed by atoms with E-state index in [1.54, 1.807) is 37.3 Å². The van der Waals surface area contributed by atoms with Crippen molar-refractivity contribution in [2.24, 2.45) is 0 Å². The van der Waals surface area contributed by atoms with Crippen molar-refractivity contribution >= 4 is 23.2 Å². The Hall–Kier alpha value is -2.27. The summed E-state index contributed by atoms with van der Waals surface area (Å²) in [5, 5.41) is 3.10. The van der Waals surface area contributed by atoms with Crippen LogP contribution >= 0.6 is 11.6 Å². The third-order valence-electron chi connectivity index (χ3n) is 3.01. The zero-order valence-corrected chi connectivity index (χ0v) is 12.5.